The van der Waals surface area contributed by atoms with Gasteiger partial charge in [-0.25, -0.2) is 0 Å². The second-order valence-corrected chi connectivity index (χ2v) is 5.30. The van der Waals surface area contributed by atoms with E-state index in [-0.39, 0.29) is 0 Å². The van der Waals surface area contributed by atoms with Crippen molar-refractivity contribution in [3.8, 4) is 5.75 Å². The van der Waals surface area contributed by atoms with E-state index in [0.717, 1.165) is 18.4 Å². The molecular formula is C17H19NO. The van der Waals surface area contributed by atoms with Crippen LogP contribution in [0.3, 0.4) is 0 Å². The number of benzene rings is 2. The van der Waals surface area contributed by atoms with Gasteiger partial charge in [0.25, 0.3) is 0 Å². The normalized spacial score (nSPS) is 17.4. The van der Waals surface area contributed by atoms with Gasteiger partial charge in [0.05, 0.1) is 0 Å². The summed E-state index contributed by atoms with van der Waals surface area (Å²) in [5.74, 6) is 0.379. The summed E-state index contributed by atoms with van der Waals surface area (Å²) in [5, 5.41) is 13.4. The maximum absolute atomic E-state index is 9.86. The quantitative estimate of drug-likeness (QED) is 0.877. The SMILES string of the molecule is Cc1ccc(O)c(CNC2CCc3ccccc32)c1. The van der Waals surface area contributed by atoms with Gasteiger partial charge in [0.1, 0.15) is 5.75 Å². The minimum atomic E-state index is 0.379. The monoisotopic (exact) mass is 253 g/mol. The number of hydrogen-bond acceptors (Lipinski definition) is 2. The average Bonchev–Trinajstić information content (AvgIpc) is 2.83. The zero-order valence-corrected chi connectivity index (χ0v) is 11.2. The van der Waals surface area contributed by atoms with Crippen LogP contribution in [0.4, 0.5) is 0 Å². The van der Waals surface area contributed by atoms with Crippen LogP contribution in [-0.4, -0.2) is 5.11 Å². The third-order valence-corrected chi connectivity index (χ3v) is 3.91. The Labute approximate surface area is 114 Å². The van der Waals surface area contributed by atoms with Gasteiger partial charge in [-0.3, -0.25) is 0 Å². The predicted octanol–water partition coefficient (Wildman–Crippen LogP) is 3.48. The molecule has 98 valence electrons. The molecular weight excluding hydrogens is 234 g/mol. The molecule has 2 N–H and O–H groups in total. The van der Waals surface area contributed by atoms with E-state index in [1.807, 2.05) is 19.1 Å². The molecule has 2 aromatic rings. The Morgan fingerprint density at radius 2 is 2.05 bits per heavy atom. The largest absolute Gasteiger partial charge is 0.508 e. The van der Waals surface area contributed by atoms with Gasteiger partial charge in [-0.2, -0.15) is 0 Å². The van der Waals surface area contributed by atoms with Crippen molar-refractivity contribution in [2.45, 2.75) is 32.4 Å². The molecule has 19 heavy (non-hydrogen) atoms. The van der Waals surface area contributed by atoms with Crippen LogP contribution in [0.1, 0.15) is 34.7 Å². The molecule has 2 heteroatoms. The maximum atomic E-state index is 9.86. The Morgan fingerprint density at radius 3 is 2.95 bits per heavy atom. The molecule has 0 aromatic heterocycles. The molecule has 0 fully saturated rings. The highest BCUT2D eigenvalue weighted by Crippen LogP contribution is 2.31. The van der Waals surface area contributed by atoms with Gasteiger partial charge in [0, 0.05) is 18.2 Å². The summed E-state index contributed by atoms with van der Waals surface area (Å²) in [4.78, 5) is 0. The van der Waals surface area contributed by atoms with Crippen molar-refractivity contribution in [3.05, 3.63) is 64.7 Å². The first-order chi connectivity index (χ1) is 9.24. The summed E-state index contributed by atoms with van der Waals surface area (Å²) >= 11 is 0. The first-order valence-corrected chi connectivity index (χ1v) is 6.84. The zero-order valence-electron chi connectivity index (χ0n) is 11.2. The van der Waals surface area contributed by atoms with Crippen molar-refractivity contribution < 1.29 is 5.11 Å². The molecule has 0 amide bonds. The van der Waals surface area contributed by atoms with Gasteiger partial charge in [-0.1, -0.05) is 42.0 Å². The van der Waals surface area contributed by atoms with Crippen LogP contribution in [0.5, 0.6) is 5.75 Å². The summed E-state index contributed by atoms with van der Waals surface area (Å²) in [6.07, 6.45) is 2.29. The van der Waals surface area contributed by atoms with Crippen LogP contribution in [0.25, 0.3) is 0 Å². The van der Waals surface area contributed by atoms with Crippen molar-refractivity contribution in [2.75, 3.05) is 0 Å². The van der Waals surface area contributed by atoms with Gasteiger partial charge < -0.3 is 10.4 Å². The van der Waals surface area contributed by atoms with Gasteiger partial charge in [0.15, 0.2) is 0 Å². The number of aromatic hydroxyl groups is 1. The topological polar surface area (TPSA) is 32.3 Å². The first-order valence-electron chi connectivity index (χ1n) is 6.84. The van der Waals surface area contributed by atoms with E-state index in [9.17, 15) is 5.11 Å². The number of phenols is 1. The van der Waals surface area contributed by atoms with Crippen molar-refractivity contribution in [2.24, 2.45) is 0 Å². The smallest absolute Gasteiger partial charge is 0.120 e. The number of nitrogens with one attached hydrogen (secondary N) is 1. The lowest BCUT2D eigenvalue weighted by Crippen LogP contribution is -2.18. The molecule has 0 spiro atoms. The van der Waals surface area contributed by atoms with Gasteiger partial charge in [-0.05, 0) is 37.0 Å². The fourth-order valence-electron chi connectivity index (χ4n) is 2.86. The molecule has 2 aromatic carbocycles. The molecule has 0 bridgehead atoms. The summed E-state index contributed by atoms with van der Waals surface area (Å²) in [7, 11) is 0. The fraction of sp³-hybridized carbons (Fsp3) is 0.294. The molecule has 0 aliphatic heterocycles. The number of rotatable bonds is 3. The van der Waals surface area contributed by atoms with E-state index in [0.29, 0.717) is 18.3 Å². The van der Waals surface area contributed by atoms with E-state index in [1.165, 1.54) is 16.7 Å². The Kier molecular flexibility index (Phi) is 3.26. The molecule has 0 heterocycles. The molecule has 1 aliphatic carbocycles. The lowest BCUT2D eigenvalue weighted by molar-refractivity contribution is 0.456. The molecule has 1 unspecified atom stereocenters. The lowest BCUT2D eigenvalue weighted by Gasteiger charge is -2.15. The third kappa shape index (κ3) is 2.49. The molecule has 1 aliphatic rings. The Morgan fingerprint density at radius 1 is 1.21 bits per heavy atom. The Hall–Kier alpha value is -1.80. The number of phenolic OH excluding ortho intramolecular Hbond substituents is 1. The summed E-state index contributed by atoms with van der Waals surface area (Å²) in [6.45, 7) is 2.76. The van der Waals surface area contributed by atoms with Crippen LogP contribution in [0.15, 0.2) is 42.5 Å². The second kappa shape index (κ2) is 5.06. The van der Waals surface area contributed by atoms with Crippen LogP contribution in [0, 0.1) is 6.92 Å². The summed E-state index contributed by atoms with van der Waals surface area (Å²) in [6, 6.07) is 14.8. The van der Waals surface area contributed by atoms with Crippen LogP contribution < -0.4 is 5.32 Å². The van der Waals surface area contributed by atoms with Crippen LogP contribution in [-0.2, 0) is 13.0 Å². The standard InChI is InChI=1S/C17H19NO/c1-12-6-9-17(19)14(10-12)11-18-16-8-7-13-4-2-3-5-15(13)16/h2-6,9-10,16,18-19H,7-8,11H2,1H3. The van der Waals surface area contributed by atoms with Crippen LogP contribution >= 0.6 is 0 Å². The molecule has 2 nitrogen and oxygen atoms in total. The van der Waals surface area contributed by atoms with E-state index < -0.39 is 0 Å². The van der Waals surface area contributed by atoms with E-state index in [1.54, 1.807) is 6.07 Å². The van der Waals surface area contributed by atoms with Crippen molar-refractivity contribution >= 4 is 0 Å². The number of aryl methyl sites for hydroxylation is 2. The first kappa shape index (κ1) is 12.2. The Balaban J connectivity index is 1.72. The molecule has 3 rings (SSSR count). The van der Waals surface area contributed by atoms with Crippen molar-refractivity contribution in [1.82, 2.24) is 5.32 Å². The predicted molar refractivity (Wildman–Crippen MR) is 77.2 cm³/mol. The molecule has 0 saturated heterocycles. The van der Waals surface area contributed by atoms with E-state index in [4.69, 9.17) is 0 Å². The van der Waals surface area contributed by atoms with Gasteiger partial charge >= 0.3 is 0 Å². The minimum Gasteiger partial charge on any atom is -0.508 e. The average molecular weight is 253 g/mol. The lowest BCUT2D eigenvalue weighted by atomic mass is 10.1. The highest BCUT2D eigenvalue weighted by Gasteiger charge is 2.21. The number of fused-ring (bicyclic) bond motifs is 1. The zero-order chi connectivity index (χ0) is 13.2. The molecule has 0 radical (unpaired) electrons. The van der Waals surface area contributed by atoms with Gasteiger partial charge in [0.2, 0.25) is 0 Å². The maximum Gasteiger partial charge on any atom is 0.120 e. The Bertz CT molecular complexity index is 592. The summed E-state index contributed by atoms with van der Waals surface area (Å²) in [5.41, 5.74) is 5.02. The highest BCUT2D eigenvalue weighted by molar-refractivity contribution is 5.37. The number of hydrogen-bond donors (Lipinski definition) is 2. The fourth-order valence-corrected chi connectivity index (χ4v) is 2.86. The van der Waals surface area contributed by atoms with E-state index in [2.05, 4.69) is 29.6 Å². The second-order valence-electron chi connectivity index (χ2n) is 5.30. The third-order valence-electron chi connectivity index (χ3n) is 3.91. The molecule has 1 atom stereocenters. The highest BCUT2D eigenvalue weighted by atomic mass is 16.3. The van der Waals surface area contributed by atoms with Gasteiger partial charge in [-0.15, -0.1) is 0 Å². The van der Waals surface area contributed by atoms with Crippen molar-refractivity contribution in [3.63, 3.8) is 0 Å². The van der Waals surface area contributed by atoms with E-state index >= 15 is 0 Å². The minimum absolute atomic E-state index is 0.379. The van der Waals surface area contributed by atoms with Crippen molar-refractivity contribution in [1.29, 1.82) is 0 Å². The molecule has 0 saturated carbocycles. The van der Waals surface area contributed by atoms with Crippen LogP contribution in [0.2, 0.25) is 0 Å². The summed E-state index contributed by atoms with van der Waals surface area (Å²) < 4.78 is 0.